The van der Waals surface area contributed by atoms with Crippen LogP contribution in [0.2, 0.25) is 10.0 Å². The highest BCUT2D eigenvalue weighted by Crippen LogP contribution is 2.32. The fraction of sp³-hybridized carbons (Fsp3) is 0.286. The first-order chi connectivity index (χ1) is 9.45. The van der Waals surface area contributed by atoms with Crippen LogP contribution in [-0.4, -0.2) is 16.0 Å². The topological polar surface area (TPSA) is 49.8 Å². The van der Waals surface area contributed by atoms with Crippen molar-refractivity contribution in [3.05, 3.63) is 40.0 Å². The van der Waals surface area contributed by atoms with Gasteiger partial charge in [-0.2, -0.15) is 4.98 Å². The molecule has 0 aliphatic heterocycles. The predicted octanol–water partition coefficient (Wildman–Crippen LogP) is 4.66. The van der Waals surface area contributed by atoms with Crippen molar-refractivity contribution in [1.29, 1.82) is 0 Å². The molecule has 2 rings (SSSR count). The quantitative estimate of drug-likeness (QED) is 0.862. The molecule has 0 saturated carbocycles. The van der Waals surface area contributed by atoms with Crippen LogP contribution in [0.4, 0.5) is 17.5 Å². The lowest BCUT2D eigenvalue weighted by atomic mass is 10.3. The number of benzene rings is 1. The van der Waals surface area contributed by atoms with Crippen molar-refractivity contribution in [2.24, 2.45) is 0 Å². The summed E-state index contributed by atoms with van der Waals surface area (Å²) in [6.45, 7) is 5.97. The van der Waals surface area contributed by atoms with E-state index in [9.17, 15) is 0 Å². The molecular formula is C14H16Cl2N4. The lowest BCUT2D eigenvalue weighted by Gasteiger charge is -2.13. The van der Waals surface area contributed by atoms with Crippen molar-refractivity contribution in [1.82, 2.24) is 9.97 Å². The molecule has 106 valence electrons. The van der Waals surface area contributed by atoms with Crippen LogP contribution in [-0.2, 0) is 0 Å². The molecule has 0 unspecified atom stereocenters. The Morgan fingerprint density at radius 2 is 1.75 bits per heavy atom. The highest BCUT2D eigenvalue weighted by atomic mass is 35.5. The number of nitrogens with one attached hydrogen (secondary N) is 2. The number of nitrogens with zero attached hydrogens (tertiary/aromatic N) is 2. The van der Waals surface area contributed by atoms with Crippen molar-refractivity contribution >= 4 is 40.7 Å². The van der Waals surface area contributed by atoms with Crippen molar-refractivity contribution in [2.75, 3.05) is 10.6 Å². The van der Waals surface area contributed by atoms with E-state index in [1.54, 1.807) is 18.2 Å². The van der Waals surface area contributed by atoms with E-state index in [4.69, 9.17) is 23.2 Å². The van der Waals surface area contributed by atoms with Gasteiger partial charge in [-0.1, -0.05) is 29.3 Å². The molecule has 0 radical (unpaired) electrons. The second-order valence-corrected chi connectivity index (χ2v) is 5.55. The van der Waals surface area contributed by atoms with E-state index in [1.165, 1.54) is 0 Å². The molecule has 1 heterocycles. The minimum Gasteiger partial charge on any atom is -0.352 e. The molecule has 1 aromatic carbocycles. The number of anilines is 3. The van der Waals surface area contributed by atoms with Gasteiger partial charge in [0.25, 0.3) is 0 Å². The molecule has 0 atom stereocenters. The first-order valence-corrected chi connectivity index (χ1v) is 7.04. The monoisotopic (exact) mass is 310 g/mol. The lowest BCUT2D eigenvalue weighted by Crippen LogP contribution is -2.13. The van der Waals surface area contributed by atoms with Gasteiger partial charge in [0.1, 0.15) is 5.82 Å². The summed E-state index contributed by atoms with van der Waals surface area (Å²) < 4.78 is 0. The van der Waals surface area contributed by atoms with E-state index in [2.05, 4.69) is 20.6 Å². The third-order valence-electron chi connectivity index (χ3n) is 2.49. The predicted molar refractivity (Wildman–Crippen MR) is 85.3 cm³/mol. The maximum atomic E-state index is 6.14. The van der Waals surface area contributed by atoms with Gasteiger partial charge in [-0.05, 0) is 32.9 Å². The number of hydrogen-bond acceptors (Lipinski definition) is 4. The summed E-state index contributed by atoms with van der Waals surface area (Å²) in [5, 5.41) is 7.41. The molecular weight excluding hydrogens is 295 g/mol. The van der Waals surface area contributed by atoms with Crippen LogP contribution in [0.1, 0.15) is 19.5 Å². The molecule has 0 fully saturated rings. The second-order valence-electron chi connectivity index (χ2n) is 4.74. The Morgan fingerprint density at radius 3 is 2.35 bits per heavy atom. The van der Waals surface area contributed by atoms with Crippen LogP contribution in [0.15, 0.2) is 24.3 Å². The third-order valence-corrected chi connectivity index (χ3v) is 3.12. The molecule has 2 aromatic rings. The second kappa shape index (κ2) is 6.29. The van der Waals surface area contributed by atoms with Gasteiger partial charge in [-0.3, -0.25) is 0 Å². The first-order valence-electron chi connectivity index (χ1n) is 6.29. The Bertz CT molecular complexity index is 594. The normalized spacial score (nSPS) is 10.7. The van der Waals surface area contributed by atoms with E-state index in [0.717, 1.165) is 5.69 Å². The Hall–Kier alpha value is -1.52. The van der Waals surface area contributed by atoms with Crippen LogP contribution < -0.4 is 10.6 Å². The Kier molecular flexibility index (Phi) is 4.68. The average Bonchev–Trinajstić information content (AvgIpc) is 2.32. The molecule has 0 aliphatic rings. The smallest absolute Gasteiger partial charge is 0.225 e. The van der Waals surface area contributed by atoms with Crippen molar-refractivity contribution in [3.63, 3.8) is 0 Å². The van der Waals surface area contributed by atoms with Crippen LogP contribution in [0.5, 0.6) is 0 Å². The van der Waals surface area contributed by atoms with E-state index >= 15 is 0 Å². The summed E-state index contributed by atoms with van der Waals surface area (Å²) in [5.41, 5.74) is 1.50. The maximum absolute atomic E-state index is 6.14. The van der Waals surface area contributed by atoms with Gasteiger partial charge in [0.05, 0.1) is 15.7 Å². The highest BCUT2D eigenvalue weighted by Gasteiger charge is 2.08. The molecule has 6 heteroatoms. The number of aryl methyl sites for hydroxylation is 1. The molecule has 0 saturated heterocycles. The summed E-state index contributed by atoms with van der Waals surface area (Å²) in [7, 11) is 0. The van der Waals surface area contributed by atoms with Gasteiger partial charge in [-0.15, -0.1) is 0 Å². The average molecular weight is 311 g/mol. The summed E-state index contributed by atoms with van der Waals surface area (Å²) in [4.78, 5) is 8.73. The van der Waals surface area contributed by atoms with Crippen molar-refractivity contribution in [2.45, 2.75) is 26.8 Å². The van der Waals surface area contributed by atoms with E-state index in [1.807, 2.05) is 26.8 Å². The van der Waals surface area contributed by atoms with Gasteiger partial charge in [0, 0.05) is 17.8 Å². The Labute approximate surface area is 128 Å². The zero-order valence-corrected chi connectivity index (χ0v) is 13.0. The van der Waals surface area contributed by atoms with Crippen molar-refractivity contribution in [3.8, 4) is 0 Å². The Balaban J connectivity index is 2.31. The zero-order chi connectivity index (χ0) is 14.7. The van der Waals surface area contributed by atoms with Crippen LogP contribution in [0.3, 0.4) is 0 Å². The maximum Gasteiger partial charge on any atom is 0.225 e. The Morgan fingerprint density at radius 1 is 1.10 bits per heavy atom. The number of aromatic nitrogens is 2. The summed E-state index contributed by atoms with van der Waals surface area (Å²) in [6.07, 6.45) is 0. The summed E-state index contributed by atoms with van der Waals surface area (Å²) >= 11 is 12.3. The van der Waals surface area contributed by atoms with Gasteiger partial charge in [-0.25, -0.2) is 4.98 Å². The minimum atomic E-state index is 0.258. The summed E-state index contributed by atoms with van der Waals surface area (Å²) in [5.74, 6) is 1.22. The molecule has 1 aromatic heterocycles. The van der Waals surface area contributed by atoms with E-state index in [-0.39, 0.29) is 6.04 Å². The largest absolute Gasteiger partial charge is 0.352 e. The minimum absolute atomic E-state index is 0.258. The first kappa shape index (κ1) is 14.9. The number of rotatable bonds is 4. The molecule has 0 bridgehead atoms. The number of para-hydroxylation sites is 1. The highest BCUT2D eigenvalue weighted by molar-refractivity contribution is 6.39. The molecule has 20 heavy (non-hydrogen) atoms. The number of halogens is 2. The van der Waals surface area contributed by atoms with Gasteiger partial charge in [0.15, 0.2) is 0 Å². The molecule has 4 nitrogen and oxygen atoms in total. The summed E-state index contributed by atoms with van der Waals surface area (Å²) in [6, 6.07) is 7.44. The van der Waals surface area contributed by atoms with Crippen LogP contribution in [0.25, 0.3) is 0 Å². The molecule has 2 N–H and O–H groups in total. The van der Waals surface area contributed by atoms with Crippen LogP contribution in [0, 0.1) is 6.92 Å². The standard InChI is InChI=1S/C14H16Cl2N4/c1-8(2)17-14-18-9(3)7-12(20-14)19-13-10(15)5-4-6-11(13)16/h4-8H,1-3H3,(H2,17,18,19,20). The van der Waals surface area contributed by atoms with Crippen LogP contribution >= 0.6 is 23.2 Å². The zero-order valence-electron chi connectivity index (χ0n) is 11.5. The van der Waals surface area contributed by atoms with E-state index < -0.39 is 0 Å². The molecule has 0 amide bonds. The fourth-order valence-corrected chi connectivity index (χ4v) is 2.19. The van der Waals surface area contributed by atoms with Gasteiger partial charge < -0.3 is 10.6 Å². The molecule has 0 spiro atoms. The lowest BCUT2D eigenvalue weighted by molar-refractivity contribution is 0.871. The number of hydrogen-bond donors (Lipinski definition) is 2. The van der Waals surface area contributed by atoms with E-state index in [0.29, 0.717) is 27.5 Å². The van der Waals surface area contributed by atoms with Gasteiger partial charge in [0.2, 0.25) is 5.95 Å². The van der Waals surface area contributed by atoms with Gasteiger partial charge >= 0.3 is 0 Å². The SMILES string of the molecule is Cc1cc(Nc2c(Cl)cccc2Cl)nc(NC(C)C)n1. The third kappa shape index (κ3) is 3.74. The molecule has 0 aliphatic carbocycles. The fourth-order valence-electron chi connectivity index (χ4n) is 1.70. The van der Waals surface area contributed by atoms with Crippen molar-refractivity contribution < 1.29 is 0 Å².